The molecule has 0 aromatic heterocycles. The molecule has 5 nitrogen and oxygen atoms in total. The number of alkyl halides is 3. The number of hydrogen-bond donors (Lipinski definition) is 2. The highest BCUT2D eigenvalue weighted by atomic mass is 19.4. The Hall–Kier alpha value is -3.03. The molecule has 1 amide bonds. The Morgan fingerprint density at radius 2 is 1.68 bits per heavy atom. The topological polar surface area (TPSA) is 67.4 Å². The lowest BCUT2D eigenvalue weighted by Gasteiger charge is -2.10. The van der Waals surface area contributed by atoms with E-state index in [1.54, 1.807) is 31.3 Å². The van der Waals surface area contributed by atoms with E-state index in [2.05, 4.69) is 10.6 Å². The van der Waals surface area contributed by atoms with Gasteiger partial charge in [0.05, 0.1) is 11.1 Å². The van der Waals surface area contributed by atoms with Crippen molar-refractivity contribution in [3.8, 4) is 0 Å². The molecule has 0 unspecified atom stereocenters. The Kier molecular flexibility index (Phi) is 5.63. The normalized spacial score (nSPS) is 10.9. The second-order valence-corrected chi connectivity index (χ2v) is 5.00. The zero-order chi connectivity index (χ0) is 18.4. The van der Waals surface area contributed by atoms with E-state index in [0.29, 0.717) is 5.69 Å². The summed E-state index contributed by atoms with van der Waals surface area (Å²) in [6.07, 6.45) is -4.45. The molecule has 2 aromatic carbocycles. The van der Waals surface area contributed by atoms with E-state index in [9.17, 15) is 22.8 Å². The number of halogens is 3. The van der Waals surface area contributed by atoms with E-state index in [1.165, 1.54) is 0 Å². The maximum Gasteiger partial charge on any atom is 0.416 e. The molecule has 0 fully saturated rings. The van der Waals surface area contributed by atoms with E-state index >= 15 is 0 Å². The molecule has 0 bridgehead atoms. The number of hydrogen-bond acceptors (Lipinski definition) is 4. The summed E-state index contributed by atoms with van der Waals surface area (Å²) in [6.45, 7) is -0.558. The summed E-state index contributed by atoms with van der Waals surface area (Å²) in [6, 6.07) is 10.6. The van der Waals surface area contributed by atoms with Crippen LogP contribution < -0.4 is 10.6 Å². The highest BCUT2D eigenvalue weighted by molar-refractivity contribution is 5.98. The van der Waals surface area contributed by atoms with Crippen LogP contribution in [0.1, 0.15) is 15.9 Å². The van der Waals surface area contributed by atoms with Crippen molar-refractivity contribution in [2.75, 3.05) is 24.3 Å². The van der Waals surface area contributed by atoms with Crippen LogP contribution in [0.5, 0.6) is 0 Å². The molecule has 0 aliphatic heterocycles. The molecule has 0 atom stereocenters. The van der Waals surface area contributed by atoms with Gasteiger partial charge in [-0.1, -0.05) is 12.1 Å². The first-order valence-electron chi connectivity index (χ1n) is 7.22. The van der Waals surface area contributed by atoms with Crippen molar-refractivity contribution in [2.45, 2.75) is 6.18 Å². The van der Waals surface area contributed by atoms with Crippen LogP contribution >= 0.6 is 0 Å². The number of carbonyl (C=O) groups is 2. The number of esters is 1. The molecule has 0 aliphatic rings. The largest absolute Gasteiger partial charge is 0.452 e. The van der Waals surface area contributed by atoms with Crippen LogP contribution in [0.3, 0.4) is 0 Å². The van der Waals surface area contributed by atoms with Gasteiger partial charge in [-0.15, -0.1) is 0 Å². The molecule has 25 heavy (non-hydrogen) atoms. The van der Waals surface area contributed by atoms with Crippen molar-refractivity contribution >= 4 is 23.3 Å². The summed E-state index contributed by atoms with van der Waals surface area (Å²) in [7, 11) is 1.64. The zero-order valence-electron chi connectivity index (χ0n) is 13.2. The van der Waals surface area contributed by atoms with E-state index in [0.717, 1.165) is 24.3 Å². The molecular formula is C17H15F3N2O3. The average molecular weight is 352 g/mol. The van der Waals surface area contributed by atoms with Crippen molar-refractivity contribution < 1.29 is 27.5 Å². The number of nitrogens with one attached hydrogen (secondary N) is 2. The van der Waals surface area contributed by atoms with Gasteiger partial charge in [-0.25, -0.2) is 4.79 Å². The van der Waals surface area contributed by atoms with Crippen molar-refractivity contribution in [1.29, 1.82) is 0 Å². The Balaban J connectivity index is 1.91. The first-order valence-corrected chi connectivity index (χ1v) is 7.22. The third-order valence-electron chi connectivity index (χ3n) is 3.25. The van der Waals surface area contributed by atoms with Gasteiger partial charge in [0.2, 0.25) is 0 Å². The van der Waals surface area contributed by atoms with E-state index < -0.39 is 30.2 Å². The number of rotatable bonds is 5. The Bertz CT molecular complexity index is 758. The van der Waals surface area contributed by atoms with Gasteiger partial charge < -0.3 is 15.4 Å². The summed E-state index contributed by atoms with van der Waals surface area (Å²) < 4.78 is 42.3. The first-order chi connectivity index (χ1) is 11.8. The molecule has 8 heteroatoms. The number of amides is 1. The number of benzene rings is 2. The predicted octanol–water partition coefficient (Wildman–Crippen LogP) is 3.54. The van der Waals surface area contributed by atoms with Gasteiger partial charge in [-0.2, -0.15) is 13.2 Å². The molecule has 0 saturated carbocycles. The molecule has 0 aliphatic carbocycles. The summed E-state index contributed by atoms with van der Waals surface area (Å²) in [5, 5.41) is 5.18. The average Bonchev–Trinajstić information content (AvgIpc) is 2.59. The van der Waals surface area contributed by atoms with Crippen LogP contribution in [0.25, 0.3) is 0 Å². The van der Waals surface area contributed by atoms with Crippen LogP contribution in [0.4, 0.5) is 24.5 Å². The maximum absolute atomic E-state index is 12.5. The van der Waals surface area contributed by atoms with Crippen molar-refractivity contribution in [1.82, 2.24) is 0 Å². The van der Waals surface area contributed by atoms with Gasteiger partial charge >= 0.3 is 12.1 Å². The second-order valence-electron chi connectivity index (χ2n) is 5.00. The minimum Gasteiger partial charge on any atom is -0.452 e. The van der Waals surface area contributed by atoms with Gasteiger partial charge in [-0.05, 0) is 36.4 Å². The monoisotopic (exact) mass is 352 g/mol. The molecule has 0 radical (unpaired) electrons. The van der Waals surface area contributed by atoms with Crippen LogP contribution in [0, 0.1) is 0 Å². The fourth-order valence-electron chi connectivity index (χ4n) is 2.03. The van der Waals surface area contributed by atoms with Crippen LogP contribution in [0.2, 0.25) is 0 Å². The van der Waals surface area contributed by atoms with Gasteiger partial charge in [0.25, 0.3) is 5.91 Å². The molecule has 2 N–H and O–H groups in total. The van der Waals surface area contributed by atoms with Gasteiger partial charge in [-0.3, -0.25) is 4.79 Å². The standard InChI is InChI=1S/C17H15F3N2O3/c1-21-14-5-3-2-4-13(14)16(24)25-10-15(23)22-12-8-6-11(7-9-12)17(18,19)20/h2-9,21H,10H2,1H3,(H,22,23). The summed E-state index contributed by atoms with van der Waals surface area (Å²) in [5.74, 6) is -1.34. The highest BCUT2D eigenvalue weighted by Crippen LogP contribution is 2.29. The van der Waals surface area contributed by atoms with Crippen LogP contribution in [-0.2, 0) is 15.7 Å². The van der Waals surface area contributed by atoms with Crippen molar-refractivity contribution in [2.24, 2.45) is 0 Å². The van der Waals surface area contributed by atoms with Crippen LogP contribution in [-0.4, -0.2) is 25.5 Å². The zero-order valence-corrected chi connectivity index (χ0v) is 13.2. The fraction of sp³-hybridized carbons (Fsp3) is 0.176. The number of ether oxygens (including phenoxy) is 1. The van der Waals surface area contributed by atoms with E-state index in [1.807, 2.05) is 0 Å². The SMILES string of the molecule is CNc1ccccc1C(=O)OCC(=O)Nc1ccc(C(F)(F)F)cc1. The molecule has 0 spiro atoms. The predicted molar refractivity (Wildman–Crippen MR) is 86.3 cm³/mol. The smallest absolute Gasteiger partial charge is 0.416 e. The van der Waals surface area contributed by atoms with E-state index in [4.69, 9.17) is 4.74 Å². The highest BCUT2D eigenvalue weighted by Gasteiger charge is 2.30. The summed E-state index contributed by atoms with van der Waals surface area (Å²) >= 11 is 0. The van der Waals surface area contributed by atoms with Crippen LogP contribution in [0.15, 0.2) is 48.5 Å². The summed E-state index contributed by atoms with van der Waals surface area (Å²) in [5.41, 5.74) is 0.174. The minimum atomic E-state index is -4.45. The molecule has 0 heterocycles. The Labute approximate surface area is 141 Å². The molecule has 0 saturated heterocycles. The molecule has 2 aromatic rings. The van der Waals surface area contributed by atoms with Gasteiger partial charge in [0, 0.05) is 18.4 Å². The van der Waals surface area contributed by atoms with Gasteiger partial charge in [0.1, 0.15) is 0 Å². The third-order valence-corrected chi connectivity index (χ3v) is 3.25. The molecule has 2 rings (SSSR count). The quantitative estimate of drug-likeness (QED) is 0.808. The third kappa shape index (κ3) is 4.97. The van der Waals surface area contributed by atoms with Crippen molar-refractivity contribution in [3.05, 3.63) is 59.7 Å². The Morgan fingerprint density at radius 3 is 2.28 bits per heavy atom. The number of para-hydroxylation sites is 1. The first kappa shape index (κ1) is 18.3. The molecule has 132 valence electrons. The summed E-state index contributed by atoms with van der Waals surface area (Å²) in [4.78, 5) is 23.7. The lowest BCUT2D eigenvalue weighted by atomic mass is 10.2. The Morgan fingerprint density at radius 1 is 1.04 bits per heavy atom. The number of carbonyl (C=O) groups excluding carboxylic acids is 2. The van der Waals surface area contributed by atoms with Gasteiger partial charge in [0.15, 0.2) is 6.61 Å². The lowest BCUT2D eigenvalue weighted by molar-refractivity contribution is -0.137. The number of anilines is 2. The second kappa shape index (κ2) is 7.69. The fourth-order valence-corrected chi connectivity index (χ4v) is 2.03. The van der Waals surface area contributed by atoms with Crippen molar-refractivity contribution in [3.63, 3.8) is 0 Å². The molecular weight excluding hydrogens is 337 g/mol. The lowest BCUT2D eigenvalue weighted by Crippen LogP contribution is -2.21. The maximum atomic E-state index is 12.5. The minimum absolute atomic E-state index is 0.171. The van der Waals surface area contributed by atoms with E-state index in [-0.39, 0.29) is 11.3 Å².